The molecule has 292 valence electrons. The monoisotopic (exact) mass is 735 g/mol. The van der Waals surface area contributed by atoms with Gasteiger partial charge in [-0.05, 0) is 51.4 Å². The van der Waals surface area contributed by atoms with Gasteiger partial charge in [-0.2, -0.15) is 0 Å². The zero-order chi connectivity index (χ0) is 37.9. The Bertz CT molecular complexity index is 1100. The number of quaternary nitrogens is 1. The lowest BCUT2D eigenvalue weighted by molar-refractivity contribution is -0.870. The molecule has 0 spiro atoms. The van der Waals surface area contributed by atoms with Crippen molar-refractivity contribution in [1.29, 1.82) is 0 Å². The molecule has 0 aromatic heterocycles. The first-order valence-corrected chi connectivity index (χ1v) is 20.6. The van der Waals surface area contributed by atoms with E-state index in [4.69, 9.17) is 18.5 Å². The molecule has 0 heterocycles. The molecule has 0 amide bonds. The van der Waals surface area contributed by atoms with E-state index in [9.17, 15) is 19.0 Å². The summed E-state index contributed by atoms with van der Waals surface area (Å²) in [6.07, 6.45) is 39.6. The molecule has 9 nitrogen and oxygen atoms in total. The topological polar surface area (TPSA) is 111 Å². The van der Waals surface area contributed by atoms with Crippen molar-refractivity contribution in [1.82, 2.24) is 0 Å². The van der Waals surface area contributed by atoms with Crippen LogP contribution >= 0.6 is 7.82 Å². The van der Waals surface area contributed by atoms with Gasteiger partial charge < -0.3 is 27.9 Å². The molecule has 0 N–H and O–H groups in total. The summed E-state index contributed by atoms with van der Waals surface area (Å²) in [5.41, 5.74) is 0. The van der Waals surface area contributed by atoms with E-state index in [0.717, 1.165) is 64.2 Å². The second kappa shape index (κ2) is 33.3. The van der Waals surface area contributed by atoms with Gasteiger partial charge in [-0.3, -0.25) is 14.2 Å². The van der Waals surface area contributed by atoms with Crippen molar-refractivity contribution in [3.63, 3.8) is 0 Å². The Labute approximate surface area is 310 Å². The average Bonchev–Trinajstić information content (AvgIpc) is 3.07. The van der Waals surface area contributed by atoms with Gasteiger partial charge in [0.25, 0.3) is 7.82 Å². The first kappa shape index (κ1) is 48.5. The Morgan fingerprint density at radius 1 is 0.627 bits per heavy atom. The minimum Gasteiger partial charge on any atom is -0.756 e. The van der Waals surface area contributed by atoms with Crippen molar-refractivity contribution in [3.8, 4) is 0 Å². The van der Waals surface area contributed by atoms with Gasteiger partial charge in [0.2, 0.25) is 0 Å². The molecule has 0 saturated carbocycles. The summed E-state index contributed by atoms with van der Waals surface area (Å²) in [7, 11) is 1.11. The highest BCUT2D eigenvalue weighted by atomic mass is 31.2. The number of allylic oxidation sites excluding steroid dienone is 12. The first-order valence-electron chi connectivity index (χ1n) is 19.1. The molecule has 0 aliphatic carbocycles. The van der Waals surface area contributed by atoms with Crippen LogP contribution in [0.4, 0.5) is 0 Å². The number of hydrogen-bond acceptors (Lipinski definition) is 8. The number of carbonyl (C=O) groups is 2. The van der Waals surface area contributed by atoms with Gasteiger partial charge in [0.15, 0.2) is 6.10 Å². The van der Waals surface area contributed by atoms with Crippen LogP contribution < -0.4 is 4.89 Å². The van der Waals surface area contributed by atoms with E-state index in [0.29, 0.717) is 17.4 Å². The number of likely N-dealkylation sites (N-methyl/N-ethyl adjacent to an activating group) is 1. The minimum atomic E-state index is -4.64. The van der Waals surface area contributed by atoms with E-state index < -0.39 is 32.5 Å². The van der Waals surface area contributed by atoms with Crippen LogP contribution in [0.2, 0.25) is 0 Å². The third-order valence-electron chi connectivity index (χ3n) is 7.50. The highest BCUT2D eigenvalue weighted by Crippen LogP contribution is 2.38. The number of rotatable bonds is 33. The van der Waals surface area contributed by atoms with E-state index in [1.807, 2.05) is 33.3 Å². The van der Waals surface area contributed by atoms with Gasteiger partial charge in [-0.25, -0.2) is 0 Å². The fourth-order valence-corrected chi connectivity index (χ4v) is 5.23. The van der Waals surface area contributed by atoms with Gasteiger partial charge in [0.05, 0.1) is 27.7 Å². The van der Waals surface area contributed by atoms with E-state index in [1.54, 1.807) is 0 Å². The molecular formula is C41H70NO8P. The second-order valence-corrected chi connectivity index (χ2v) is 15.0. The van der Waals surface area contributed by atoms with Crippen molar-refractivity contribution in [3.05, 3.63) is 72.9 Å². The lowest BCUT2D eigenvalue weighted by Gasteiger charge is -2.28. The molecule has 0 radical (unpaired) electrons. The molecule has 0 rings (SSSR count). The molecule has 0 aliphatic heterocycles. The third kappa shape index (κ3) is 37.0. The van der Waals surface area contributed by atoms with Gasteiger partial charge in [-0.1, -0.05) is 132 Å². The summed E-state index contributed by atoms with van der Waals surface area (Å²) >= 11 is 0. The van der Waals surface area contributed by atoms with E-state index in [1.165, 1.54) is 25.7 Å². The Kier molecular flexibility index (Phi) is 31.6. The summed E-state index contributed by atoms with van der Waals surface area (Å²) in [6, 6.07) is 0. The van der Waals surface area contributed by atoms with Crippen LogP contribution in [0.25, 0.3) is 0 Å². The SMILES string of the molecule is CC/C=C\C/C=C\C/C=C\C/C=C\C/C=C\C/C=C\CCC(=O)OC(COC(=O)CCCCCCCCCC)COP(=O)([O-])OCC[N+](C)(C)C. The molecule has 0 aromatic rings. The van der Waals surface area contributed by atoms with E-state index >= 15 is 0 Å². The quantitative estimate of drug-likeness (QED) is 0.0215. The summed E-state index contributed by atoms with van der Waals surface area (Å²) < 4.78 is 33.6. The predicted octanol–water partition coefficient (Wildman–Crippen LogP) is 9.66. The second-order valence-electron chi connectivity index (χ2n) is 13.6. The maximum atomic E-state index is 12.6. The standard InChI is InChI=1S/C41H70NO8P/c1-6-8-10-12-14-16-17-18-19-20-21-22-23-24-25-26-28-30-32-34-41(44)50-39(38-49-51(45,46)48-36-35-42(3,4)5)37-47-40(43)33-31-29-27-15-13-11-9-7-2/h8,10,14,16,18-19,21-22,24-25,28,30,39H,6-7,9,11-13,15,17,20,23,26-27,29,31-38H2,1-5H3/b10-8-,16-14-,19-18-,22-21-,25-24-,30-28-. The number of unbranched alkanes of at least 4 members (excludes halogenated alkanes) is 7. The van der Waals surface area contributed by atoms with Crippen LogP contribution in [-0.4, -0.2) is 70.0 Å². The normalized spacial score (nSPS) is 14.5. The number of ether oxygens (including phenoxy) is 2. The molecule has 0 bridgehead atoms. The Morgan fingerprint density at radius 3 is 1.63 bits per heavy atom. The zero-order valence-electron chi connectivity index (χ0n) is 32.5. The Morgan fingerprint density at radius 2 is 1.12 bits per heavy atom. The molecule has 2 unspecified atom stereocenters. The zero-order valence-corrected chi connectivity index (χ0v) is 33.4. The number of hydrogen-bond donors (Lipinski definition) is 0. The first-order chi connectivity index (χ1) is 24.5. The van der Waals surface area contributed by atoms with Gasteiger partial charge >= 0.3 is 11.9 Å². The number of carbonyl (C=O) groups excluding carboxylic acids is 2. The Balaban J connectivity index is 4.55. The van der Waals surface area contributed by atoms with Crippen LogP contribution in [0.5, 0.6) is 0 Å². The fourth-order valence-electron chi connectivity index (χ4n) is 4.50. The highest BCUT2D eigenvalue weighted by molar-refractivity contribution is 7.45. The number of phosphoric acid groups is 1. The molecule has 0 aromatic carbocycles. The summed E-state index contributed by atoms with van der Waals surface area (Å²) in [4.78, 5) is 37.2. The number of nitrogens with zero attached hydrogens (tertiary/aromatic N) is 1. The lowest BCUT2D eigenvalue weighted by Crippen LogP contribution is -2.37. The third-order valence-corrected chi connectivity index (χ3v) is 8.47. The Hall–Kier alpha value is -2.55. The van der Waals surface area contributed by atoms with Gasteiger partial charge in [0.1, 0.15) is 19.8 Å². The van der Waals surface area contributed by atoms with Crippen LogP contribution in [0.15, 0.2) is 72.9 Å². The van der Waals surface area contributed by atoms with Crippen molar-refractivity contribution in [2.24, 2.45) is 0 Å². The van der Waals surface area contributed by atoms with Crippen LogP contribution in [0, 0.1) is 0 Å². The van der Waals surface area contributed by atoms with Gasteiger partial charge in [-0.15, -0.1) is 0 Å². The predicted molar refractivity (Wildman–Crippen MR) is 208 cm³/mol. The van der Waals surface area contributed by atoms with Crippen molar-refractivity contribution < 1.29 is 42.1 Å². The largest absolute Gasteiger partial charge is 0.756 e. The van der Waals surface area contributed by atoms with E-state index in [-0.39, 0.29) is 26.1 Å². The number of phosphoric ester groups is 1. The van der Waals surface area contributed by atoms with E-state index in [2.05, 4.69) is 74.6 Å². The molecule has 2 atom stereocenters. The number of esters is 2. The molecule has 0 aliphatic rings. The minimum absolute atomic E-state index is 0.0473. The van der Waals surface area contributed by atoms with Crippen LogP contribution in [0.3, 0.4) is 0 Å². The maximum Gasteiger partial charge on any atom is 0.306 e. The van der Waals surface area contributed by atoms with Crippen molar-refractivity contribution in [2.45, 2.75) is 129 Å². The van der Waals surface area contributed by atoms with Gasteiger partial charge in [0, 0.05) is 12.8 Å². The molecule has 0 saturated heterocycles. The summed E-state index contributed by atoms with van der Waals surface area (Å²) in [5, 5.41) is 0. The average molecular weight is 736 g/mol. The van der Waals surface area contributed by atoms with Crippen LogP contribution in [0.1, 0.15) is 123 Å². The fraction of sp³-hybridized carbons (Fsp3) is 0.659. The molecule has 10 heteroatoms. The van der Waals surface area contributed by atoms with Crippen molar-refractivity contribution in [2.75, 3.05) is 47.5 Å². The van der Waals surface area contributed by atoms with Crippen molar-refractivity contribution >= 4 is 19.8 Å². The lowest BCUT2D eigenvalue weighted by atomic mass is 10.1. The molecule has 51 heavy (non-hydrogen) atoms. The maximum absolute atomic E-state index is 12.6. The smallest absolute Gasteiger partial charge is 0.306 e. The highest BCUT2D eigenvalue weighted by Gasteiger charge is 2.21. The molecular weight excluding hydrogens is 665 g/mol. The molecule has 0 fully saturated rings. The summed E-state index contributed by atoms with van der Waals surface area (Å²) in [6.45, 7) is 3.95. The summed E-state index contributed by atoms with van der Waals surface area (Å²) in [5.74, 6) is -0.946. The van der Waals surface area contributed by atoms with Crippen LogP contribution in [-0.2, 0) is 32.7 Å².